The molecule has 0 aliphatic carbocycles. The summed E-state index contributed by atoms with van der Waals surface area (Å²) in [4.78, 5) is 15.7. The number of hydrogen-bond donors (Lipinski definition) is 2. The van der Waals surface area contributed by atoms with Crippen molar-refractivity contribution in [1.29, 1.82) is 0 Å². The number of imidazole rings is 1. The van der Waals surface area contributed by atoms with Crippen LogP contribution in [0.2, 0.25) is 0 Å². The second-order valence-corrected chi connectivity index (χ2v) is 5.04. The molecule has 0 fully saturated rings. The van der Waals surface area contributed by atoms with Crippen LogP contribution in [-0.4, -0.2) is 22.1 Å². The Morgan fingerprint density at radius 3 is 2.71 bits per heavy atom. The van der Waals surface area contributed by atoms with E-state index < -0.39 is 0 Å². The van der Waals surface area contributed by atoms with Gasteiger partial charge in [-0.15, -0.1) is 0 Å². The molecule has 1 atom stereocenters. The third-order valence-corrected chi connectivity index (χ3v) is 3.36. The Hall–Kier alpha value is -2.30. The predicted octanol–water partition coefficient (Wildman–Crippen LogP) is 3.03. The van der Waals surface area contributed by atoms with Gasteiger partial charge in [0.05, 0.1) is 12.4 Å². The van der Waals surface area contributed by atoms with E-state index in [4.69, 9.17) is 0 Å². The first-order chi connectivity index (χ1) is 10.2. The summed E-state index contributed by atoms with van der Waals surface area (Å²) in [7, 11) is 0. The van der Waals surface area contributed by atoms with Crippen LogP contribution in [0.25, 0.3) is 5.69 Å². The van der Waals surface area contributed by atoms with Gasteiger partial charge in [-0.1, -0.05) is 25.5 Å². The van der Waals surface area contributed by atoms with E-state index in [0.29, 0.717) is 6.54 Å². The molecule has 0 saturated carbocycles. The quantitative estimate of drug-likeness (QED) is 0.802. The minimum Gasteiger partial charge on any atom is -0.338 e. The minimum absolute atomic E-state index is 0.0246. The highest BCUT2D eigenvalue weighted by molar-refractivity contribution is 5.74. The van der Waals surface area contributed by atoms with Gasteiger partial charge in [-0.2, -0.15) is 0 Å². The predicted molar refractivity (Wildman–Crippen MR) is 83.4 cm³/mol. The summed E-state index contributed by atoms with van der Waals surface area (Å²) < 4.78 is 1.94. The largest absolute Gasteiger partial charge is 0.338 e. The Labute approximate surface area is 125 Å². The van der Waals surface area contributed by atoms with E-state index in [2.05, 4.69) is 22.5 Å². The molecule has 5 heteroatoms. The monoisotopic (exact) mass is 286 g/mol. The molecule has 112 valence electrons. The zero-order valence-corrected chi connectivity index (χ0v) is 12.5. The minimum atomic E-state index is -0.116. The molecule has 0 unspecified atom stereocenters. The lowest BCUT2D eigenvalue weighted by atomic mass is 10.1. The van der Waals surface area contributed by atoms with Crippen molar-refractivity contribution in [2.24, 2.45) is 0 Å². The van der Waals surface area contributed by atoms with Crippen molar-refractivity contribution in [1.82, 2.24) is 20.2 Å². The highest BCUT2D eigenvalue weighted by Gasteiger charge is 2.08. The van der Waals surface area contributed by atoms with Crippen LogP contribution in [0.5, 0.6) is 0 Å². The summed E-state index contributed by atoms with van der Waals surface area (Å²) in [5.74, 6) is 0. The van der Waals surface area contributed by atoms with Crippen LogP contribution in [0.4, 0.5) is 4.79 Å². The summed E-state index contributed by atoms with van der Waals surface area (Å²) in [6.45, 7) is 4.80. The number of urea groups is 1. The van der Waals surface area contributed by atoms with Gasteiger partial charge in [-0.3, -0.25) is 0 Å². The molecule has 2 rings (SSSR count). The summed E-state index contributed by atoms with van der Waals surface area (Å²) in [6, 6.07) is 7.94. The Kier molecular flexibility index (Phi) is 5.37. The van der Waals surface area contributed by atoms with Gasteiger partial charge < -0.3 is 15.2 Å². The number of nitrogens with zero attached hydrogens (tertiary/aromatic N) is 2. The molecule has 0 spiro atoms. The van der Waals surface area contributed by atoms with E-state index in [1.165, 1.54) is 0 Å². The van der Waals surface area contributed by atoms with E-state index in [1.807, 2.05) is 42.0 Å². The molecule has 1 aromatic carbocycles. The van der Waals surface area contributed by atoms with E-state index in [1.54, 1.807) is 12.5 Å². The number of amides is 2. The van der Waals surface area contributed by atoms with Crippen molar-refractivity contribution in [3.63, 3.8) is 0 Å². The summed E-state index contributed by atoms with van der Waals surface area (Å²) in [5.41, 5.74) is 2.13. The van der Waals surface area contributed by atoms with Gasteiger partial charge in [0.2, 0.25) is 0 Å². The lowest BCUT2D eigenvalue weighted by Gasteiger charge is -2.15. The molecule has 1 aromatic heterocycles. The standard InChI is InChI=1S/C16H22N4O/c1-3-4-9-18-16(21)19-13(2)14-5-7-15(8-6-14)20-11-10-17-12-20/h5-8,10-13H,3-4,9H2,1-2H3,(H2,18,19,21)/t13-/m1/s1. The SMILES string of the molecule is CCCCNC(=O)N[C@H](C)c1ccc(-n2ccnc2)cc1. The molecule has 2 aromatic rings. The third kappa shape index (κ3) is 4.34. The summed E-state index contributed by atoms with van der Waals surface area (Å²) in [5, 5.41) is 5.80. The van der Waals surface area contributed by atoms with Crippen LogP contribution >= 0.6 is 0 Å². The van der Waals surface area contributed by atoms with Gasteiger partial charge >= 0.3 is 6.03 Å². The van der Waals surface area contributed by atoms with Gasteiger partial charge in [0, 0.05) is 24.6 Å². The van der Waals surface area contributed by atoms with Crippen molar-refractivity contribution in [3.05, 3.63) is 48.5 Å². The molecule has 2 N–H and O–H groups in total. The van der Waals surface area contributed by atoms with Crippen molar-refractivity contribution in [2.45, 2.75) is 32.7 Å². The average molecular weight is 286 g/mol. The average Bonchev–Trinajstić information content (AvgIpc) is 3.02. The Morgan fingerprint density at radius 1 is 1.33 bits per heavy atom. The van der Waals surface area contributed by atoms with Gasteiger partial charge in [0.25, 0.3) is 0 Å². The number of benzene rings is 1. The molecule has 1 heterocycles. The summed E-state index contributed by atoms with van der Waals surface area (Å²) >= 11 is 0. The van der Waals surface area contributed by atoms with E-state index in [9.17, 15) is 4.79 Å². The van der Waals surface area contributed by atoms with Crippen LogP contribution in [0.1, 0.15) is 38.3 Å². The highest BCUT2D eigenvalue weighted by atomic mass is 16.2. The fourth-order valence-corrected chi connectivity index (χ4v) is 2.06. The zero-order valence-electron chi connectivity index (χ0n) is 12.5. The van der Waals surface area contributed by atoms with Crippen LogP contribution in [0.3, 0.4) is 0 Å². The Morgan fingerprint density at radius 2 is 2.10 bits per heavy atom. The molecule has 0 aliphatic heterocycles. The lowest BCUT2D eigenvalue weighted by molar-refractivity contribution is 0.238. The first-order valence-corrected chi connectivity index (χ1v) is 7.33. The molecular weight excluding hydrogens is 264 g/mol. The lowest BCUT2D eigenvalue weighted by Crippen LogP contribution is -2.37. The fraction of sp³-hybridized carbons (Fsp3) is 0.375. The normalized spacial score (nSPS) is 11.9. The van der Waals surface area contributed by atoms with Crippen LogP contribution in [0.15, 0.2) is 43.0 Å². The van der Waals surface area contributed by atoms with E-state index in [-0.39, 0.29) is 12.1 Å². The van der Waals surface area contributed by atoms with Crippen LogP contribution in [0, 0.1) is 0 Å². The topological polar surface area (TPSA) is 59.0 Å². The fourth-order valence-electron chi connectivity index (χ4n) is 2.06. The number of rotatable bonds is 6. The van der Waals surface area contributed by atoms with Crippen molar-refractivity contribution in [3.8, 4) is 5.69 Å². The zero-order chi connectivity index (χ0) is 15.1. The maximum Gasteiger partial charge on any atom is 0.315 e. The molecular formula is C16H22N4O. The molecule has 2 amide bonds. The van der Waals surface area contributed by atoms with Crippen LogP contribution < -0.4 is 10.6 Å². The Bertz CT molecular complexity index is 548. The molecule has 0 saturated heterocycles. The first kappa shape index (κ1) is 15.1. The molecule has 21 heavy (non-hydrogen) atoms. The molecule has 0 aliphatic rings. The number of nitrogens with one attached hydrogen (secondary N) is 2. The number of unbranched alkanes of at least 4 members (excludes halogenated alkanes) is 1. The van der Waals surface area contributed by atoms with E-state index in [0.717, 1.165) is 24.1 Å². The first-order valence-electron chi connectivity index (χ1n) is 7.33. The third-order valence-electron chi connectivity index (χ3n) is 3.36. The highest BCUT2D eigenvalue weighted by Crippen LogP contribution is 2.15. The van der Waals surface area contributed by atoms with E-state index >= 15 is 0 Å². The van der Waals surface area contributed by atoms with Gasteiger partial charge in [0.1, 0.15) is 0 Å². The summed E-state index contributed by atoms with van der Waals surface area (Å²) in [6.07, 6.45) is 7.49. The Balaban J connectivity index is 1.90. The maximum atomic E-state index is 11.7. The van der Waals surface area contributed by atoms with Crippen LogP contribution in [-0.2, 0) is 0 Å². The number of aromatic nitrogens is 2. The number of carbonyl (C=O) groups is 1. The number of carbonyl (C=O) groups excluding carboxylic acids is 1. The smallest absolute Gasteiger partial charge is 0.315 e. The number of hydrogen-bond acceptors (Lipinski definition) is 2. The second-order valence-electron chi connectivity index (χ2n) is 5.04. The van der Waals surface area contributed by atoms with Gasteiger partial charge in [-0.05, 0) is 31.0 Å². The van der Waals surface area contributed by atoms with Gasteiger partial charge in [0.15, 0.2) is 0 Å². The van der Waals surface area contributed by atoms with Gasteiger partial charge in [-0.25, -0.2) is 9.78 Å². The van der Waals surface area contributed by atoms with Crippen molar-refractivity contribution in [2.75, 3.05) is 6.54 Å². The molecule has 0 radical (unpaired) electrons. The van der Waals surface area contributed by atoms with Crippen molar-refractivity contribution < 1.29 is 4.79 Å². The molecule has 0 bridgehead atoms. The maximum absolute atomic E-state index is 11.7. The molecule has 5 nitrogen and oxygen atoms in total. The van der Waals surface area contributed by atoms with Crippen molar-refractivity contribution >= 4 is 6.03 Å². The second kappa shape index (κ2) is 7.47.